The van der Waals surface area contributed by atoms with Crippen LogP contribution in [0.15, 0.2) is 18.3 Å². The summed E-state index contributed by atoms with van der Waals surface area (Å²) < 4.78 is 0. The smallest absolute Gasteiger partial charge is 0.139 e. The second-order valence-corrected chi connectivity index (χ2v) is 4.33. The lowest BCUT2D eigenvalue weighted by Gasteiger charge is -2.24. The van der Waals surface area contributed by atoms with Crippen LogP contribution in [0.4, 0.5) is 5.82 Å². The van der Waals surface area contributed by atoms with Crippen molar-refractivity contribution in [3.8, 4) is 0 Å². The van der Waals surface area contributed by atoms with Gasteiger partial charge in [0.2, 0.25) is 0 Å². The zero-order valence-electron chi connectivity index (χ0n) is 8.97. The molecule has 0 bridgehead atoms. The molecule has 0 unspecified atom stereocenters. The molecule has 1 aliphatic rings. The van der Waals surface area contributed by atoms with Crippen molar-refractivity contribution in [2.75, 3.05) is 18.1 Å². The van der Waals surface area contributed by atoms with Gasteiger partial charge in [0.05, 0.1) is 12.2 Å². The summed E-state index contributed by atoms with van der Waals surface area (Å²) in [6.45, 7) is 0.696. The minimum atomic E-state index is 0.115. The number of pyridine rings is 1. The first kappa shape index (κ1) is 11.3. The Balaban J connectivity index is 2.32. The van der Waals surface area contributed by atoms with Crippen molar-refractivity contribution in [2.45, 2.75) is 18.9 Å². The third-order valence-corrected chi connectivity index (χ3v) is 2.87. The van der Waals surface area contributed by atoms with Crippen molar-refractivity contribution in [1.29, 1.82) is 0 Å². The zero-order valence-corrected chi connectivity index (χ0v) is 9.78. The predicted octanol–water partition coefficient (Wildman–Crippen LogP) is 0.677. The molecule has 1 aliphatic carbocycles. The number of hydrogen-bond acceptors (Lipinski definition) is 4. The fourth-order valence-corrected chi connectivity index (χ4v) is 1.93. The van der Waals surface area contributed by atoms with Crippen LogP contribution < -0.4 is 10.6 Å². The molecule has 1 saturated carbocycles. The Morgan fingerprint density at radius 2 is 2.38 bits per heavy atom. The fraction of sp³-hybridized carbons (Fsp3) is 0.455. The Morgan fingerprint density at radius 1 is 1.62 bits per heavy atom. The van der Waals surface area contributed by atoms with Crippen LogP contribution >= 0.6 is 12.2 Å². The van der Waals surface area contributed by atoms with E-state index in [-0.39, 0.29) is 6.61 Å². The molecular weight excluding hydrogens is 222 g/mol. The van der Waals surface area contributed by atoms with Gasteiger partial charge in [0.15, 0.2) is 0 Å². The van der Waals surface area contributed by atoms with Crippen molar-refractivity contribution < 1.29 is 5.11 Å². The van der Waals surface area contributed by atoms with Gasteiger partial charge in [-0.1, -0.05) is 12.2 Å². The lowest BCUT2D eigenvalue weighted by molar-refractivity contribution is 0.301. The summed E-state index contributed by atoms with van der Waals surface area (Å²) in [6.07, 6.45) is 4.02. The van der Waals surface area contributed by atoms with E-state index < -0.39 is 0 Å². The molecule has 5 heteroatoms. The van der Waals surface area contributed by atoms with Gasteiger partial charge < -0.3 is 15.7 Å². The predicted molar refractivity (Wildman–Crippen MR) is 67.6 cm³/mol. The van der Waals surface area contributed by atoms with Gasteiger partial charge in [-0.15, -0.1) is 0 Å². The molecule has 0 aliphatic heterocycles. The van der Waals surface area contributed by atoms with E-state index in [1.165, 1.54) is 0 Å². The second kappa shape index (κ2) is 4.76. The lowest BCUT2D eigenvalue weighted by atomic mass is 10.2. The van der Waals surface area contributed by atoms with E-state index in [1.54, 1.807) is 6.20 Å². The molecule has 2 rings (SSSR count). The fourth-order valence-electron chi connectivity index (χ4n) is 1.77. The van der Waals surface area contributed by atoms with Gasteiger partial charge in [0.1, 0.15) is 10.8 Å². The molecule has 1 fully saturated rings. The number of nitrogens with two attached hydrogens (primary N) is 1. The number of hydrogen-bond donors (Lipinski definition) is 2. The molecule has 0 aromatic carbocycles. The highest BCUT2D eigenvalue weighted by Crippen LogP contribution is 2.31. The first-order valence-electron chi connectivity index (χ1n) is 5.36. The summed E-state index contributed by atoms with van der Waals surface area (Å²) in [5.41, 5.74) is 6.46. The lowest BCUT2D eigenvalue weighted by Crippen LogP contribution is -2.32. The minimum Gasteiger partial charge on any atom is -0.395 e. The monoisotopic (exact) mass is 237 g/mol. The van der Waals surface area contributed by atoms with Gasteiger partial charge in [-0.25, -0.2) is 4.98 Å². The maximum absolute atomic E-state index is 9.07. The van der Waals surface area contributed by atoms with Crippen LogP contribution in [-0.4, -0.2) is 34.3 Å². The molecule has 0 saturated heterocycles. The maximum Gasteiger partial charge on any atom is 0.139 e. The summed E-state index contributed by atoms with van der Waals surface area (Å²) in [7, 11) is 0. The number of aliphatic hydroxyl groups excluding tert-OH is 1. The number of aromatic nitrogens is 1. The standard InChI is InChI=1S/C11H15N3OS/c12-10(16)9-2-1-5-13-11(9)14(6-7-15)8-3-4-8/h1-2,5,8,15H,3-4,6-7H2,(H2,12,16). The number of thiocarbonyl (C=S) groups is 1. The van der Waals surface area contributed by atoms with Gasteiger partial charge >= 0.3 is 0 Å². The molecule has 0 radical (unpaired) electrons. The topological polar surface area (TPSA) is 62.4 Å². The molecule has 16 heavy (non-hydrogen) atoms. The molecule has 1 heterocycles. The van der Waals surface area contributed by atoms with Crippen molar-refractivity contribution in [3.63, 3.8) is 0 Å². The largest absolute Gasteiger partial charge is 0.395 e. The van der Waals surface area contributed by atoms with E-state index in [1.807, 2.05) is 12.1 Å². The summed E-state index contributed by atoms with van der Waals surface area (Å²) >= 11 is 5.01. The SMILES string of the molecule is NC(=S)c1cccnc1N(CCO)C1CC1. The molecule has 0 amide bonds. The van der Waals surface area contributed by atoms with Gasteiger partial charge in [-0.3, -0.25) is 0 Å². The average Bonchev–Trinajstić information content (AvgIpc) is 3.10. The van der Waals surface area contributed by atoms with E-state index in [0.29, 0.717) is 17.6 Å². The third-order valence-electron chi connectivity index (χ3n) is 2.65. The van der Waals surface area contributed by atoms with E-state index in [9.17, 15) is 0 Å². The molecular formula is C11H15N3OS. The zero-order chi connectivity index (χ0) is 11.5. The molecule has 0 spiro atoms. The van der Waals surface area contributed by atoms with Crippen LogP contribution in [0.1, 0.15) is 18.4 Å². The van der Waals surface area contributed by atoms with Crippen LogP contribution in [-0.2, 0) is 0 Å². The first-order chi connectivity index (χ1) is 7.74. The van der Waals surface area contributed by atoms with Crippen LogP contribution in [0.25, 0.3) is 0 Å². The Labute approximate surface area is 100 Å². The van der Waals surface area contributed by atoms with Crippen molar-refractivity contribution in [3.05, 3.63) is 23.9 Å². The number of aliphatic hydroxyl groups is 1. The van der Waals surface area contributed by atoms with Crippen LogP contribution in [0.5, 0.6) is 0 Å². The van der Waals surface area contributed by atoms with Crippen LogP contribution in [0.2, 0.25) is 0 Å². The summed E-state index contributed by atoms with van der Waals surface area (Å²) in [4.78, 5) is 6.77. The van der Waals surface area contributed by atoms with Gasteiger partial charge in [-0.2, -0.15) is 0 Å². The number of nitrogens with zero attached hydrogens (tertiary/aromatic N) is 2. The Hall–Kier alpha value is -1.20. The average molecular weight is 237 g/mol. The summed E-state index contributed by atoms with van der Waals surface area (Å²) in [6, 6.07) is 4.18. The van der Waals surface area contributed by atoms with Crippen molar-refractivity contribution in [2.24, 2.45) is 5.73 Å². The molecule has 3 N–H and O–H groups in total. The van der Waals surface area contributed by atoms with Crippen molar-refractivity contribution in [1.82, 2.24) is 4.98 Å². The van der Waals surface area contributed by atoms with Crippen LogP contribution in [0, 0.1) is 0 Å². The highest BCUT2D eigenvalue weighted by molar-refractivity contribution is 7.80. The minimum absolute atomic E-state index is 0.115. The highest BCUT2D eigenvalue weighted by Gasteiger charge is 2.31. The maximum atomic E-state index is 9.07. The molecule has 1 aromatic heterocycles. The van der Waals surface area contributed by atoms with Gasteiger partial charge in [0, 0.05) is 18.8 Å². The van der Waals surface area contributed by atoms with Gasteiger partial charge in [0.25, 0.3) is 0 Å². The summed E-state index contributed by atoms with van der Waals surface area (Å²) in [5, 5.41) is 9.07. The Morgan fingerprint density at radius 3 is 2.94 bits per heavy atom. The Kier molecular flexibility index (Phi) is 3.36. The highest BCUT2D eigenvalue weighted by atomic mass is 32.1. The van der Waals surface area contributed by atoms with Gasteiger partial charge in [-0.05, 0) is 25.0 Å². The number of rotatable bonds is 5. The van der Waals surface area contributed by atoms with E-state index >= 15 is 0 Å². The molecule has 0 atom stereocenters. The molecule has 86 valence electrons. The second-order valence-electron chi connectivity index (χ2n) is 3.89. The normalized spacial score (nSPS) is 14.8. The van der Waals surface area contributed by atoms with Crippen LogP contribution in [0.3, 0.4) is 0 Å². The van der Waals surface area contributed by atoms with E-state index in [2.05, 4.69) is 9.88 Å². The molecule has 4 nitrogen and oxygen atoms in total. The first-order valence-corrected chi connectivity index (χ1v) is 5.77. The molecule has 1 aromatic rings. The number of anilines is 1. The van der Waals surface area contributed by atoms with E-state index in [0.717, 1.165) is 24.2 Å². The summed E-state index contributed by atoms with van der Waals surface area (Å²) in [5.74, 6) is 0.798. The van der Waals surface area contributed by atoms with E-state index in [4.69, 9.17) is 23.1 Å². The van der Waals surface area contributed by atoms with Crippen molar-refractivity contribution >= 4 is 23.0 Å². The quantitative estimate of drug-likeness (QED) is 0.737. The Bertz CT molecular complexity index is 393. The third kappa shape index (κ3) is 2.31.